The summed E-state index contributed by atoms with van der Waals surface area (Å²) in [5.74, 6) is 0.932. The van der Waals surface area contributed by atoms with E-state index in [-0.39, 0.29) is 6.04 Å². The van der Waals surface area contributed by atoms with Crippen molar-refractivity contribution >= 4 is 24.1 Å². The number of hydrogen-bond acceptors (Lipinski definition) is 2. The van der Waals surface area contributed by atoms with E-state index in [2.05, 4.69) is 17.1 Å². The molecular weight excluding hydrogens is 253 g/mol. The molecule has 0 aliphatic heterocycles. The molecule has 3 heteroatoms. The minimum atomic E-state index is 0.226. The van der Waals surface area contributed by atoms with Gasteiger partial charge in [0.1, 0.15) is 0 Å². The van der Waals surface area contributed by atoms with Crippen molar-refractivity contribution in [3.63, 3.8) is 0 Å². The van der Waals surface area contributed by atoms with E-state index in [1.165, 1.54) is 15.2 Å². The van der Waals surface area contributed by atoms with Gasteiger partial charge >= 0.3 is 95.6 Å². The normalized spacial score (nSPS) is 13.0. The van der Waals surface area contributed by atoms with Gasteiger partial charge in [-0.05, 0) is 0 Å². The SMILES string of the molecule is COc1ccc2[se]cc(CC(C)N)c2c1. The monoisotopic (exact) mass is 269 g/mol. The Hall–Kier alpha value is -0.761. The zero-order valence-electron chi connectivity index (χ0n) is 8.99. The quantitative estimate of drug-likeness (QED) is 0.861. The van der Waals surface area contributed by atoms with Crippen molar-refractivity contribution in [1.82, 2.24) is 0 Å². The van der Waals surface area contributed by atoms with Crippen LogP contribution in [0.3, 0.4) is 0 Å². The Morgan fingerprint density at radius 2 is 2.27 bits per heavy atom. The number of methoxy groups -OCH3 is 1. The van der Waals surface area contributed by atoms with Gasteiger partial charge in [0.15, 0.2) is 0 Å². The molecule has 0 saturated heterocycles. The molecule has 0 amide bonds. The molecule has 1 aromatic heterocycles. The first-order chi connectivity index (χ1) is 7.20. The number of hydrogen-bond donors (Lipinski definition) is 1. The maximum absolute atomic E-state index is 5.83. The Bertz CT molecular complexity index is 462. The van der Waals surface area contributed by atoms with Crippen LogP contribution in [0.15, 0.2) is 23.1 Å². The Kier molecular flexibility index (Phi) is 3.15. The van der Waals surface area contributed by atoms with E-state index in [0.717, 1.165) is 12.2 Å². The van der Waals surface area contributed by atoms with Crippen LogP contribution in [0.2, 0.25) is 0 Å². The second-order valence-electron chi connectivity index (χ2n) is 3.80. The summed E-state index contributed by atoms with van der Waals surface area (Å²) in [5, 5.41) is 1.34. The molecule has 2 aromatic rings. The third kappa shape index (κ3) is 2.25. The molecule has 0 fully saturated rings. The van der Waals surface area contributed by atoms with E-state index < -0.39 is 0 Å². The summed E-state index contributed by atoms with van der Waals surface area (Å²) in [4.78, 5) is 2.33. The van der Waals surface area contributed by atoms with Crippen LogP contribution in [0, 0.1) is 0 Å². The number of ether oxygens (including phenoxy) is 1. The zero-order chi connectivity index (χ0) is 10.8. The van der Waals surface area contributed by atoms with Gasteiger partial charge in [-0.15, -0.1) is 0 Å². The van der Waals surface area contributed by atoms with Crippen molar-refractivity contribution < 1.29 is 4.74 Å². The predicted molar refractivity (Wildman–Crippen MR) is 64.8 cm³/mol. The first-order valence-electron chi connectivity index (χ1n) is 5.00. The van der Waals surface area contributed by atoms with Gasteiger partial charge in [-0.1, -0.05) is 0 Å². The van der Waals surface area contributed by atoms with Crippen molar-refractivity contribution in [3.05, 3.63) is 28.7 Å². The van der Waals surface area contributed by atoms with E-state index in [1.54, 1.807) is 7.11 Å². The van der Waals surface area contributed by atoms with Crippen LogP contribution in [-0.2, 0) is 6.42 Å². The average Bonchev–Trinajstić information content (AvgIpc) is 2.60. The second-order valence-corrected chi connectivity index (χ2v) is 5.72. The number of rotatable bonds is 3. The Morgan fingerprint density at radius 1 is 1.47 bits per heavy atom. The van der Waals surface area contributed by atoms with Crippen molar-refractivity contribution in [2.75, 3.05) is 7.11 Å². The molecule has 0 spiro atoms. The molecule has 80 valence electrons. The van der Waals surface area contributed by atoms with E-state index in [1.807, 2.05) is 13.0 Å². The Balaban J connectivity index is 2.46. The molecule has 15 heavy (non-hydrogen) atoms. The van der Waals surface area contributed by atoms with Gasteiger partial charge in [-0.25, -0.2) is 0 Å². The molecule has 0 aliphatic rings. The van der Waals surface area contributed by atoms with E-state index in [4.69, 9.17) is 10.5 Å². The third-order valence-electron chi connectivity index (χ3n) is 2.40. The van der Waals surface area contributed by atoms with Crippen LogP contribution in [0.4, 0.5) is 0 Å². The van der Waals surface area contributed by atoms with Crippen LogP contribution in [0.1, 0.15) is 12.5 Å². The predicted octanol–water partition coefficient (Wildman–Crippen LogP) is 1.80. The third-order valence-corrected chi connectivity index (χ3v) is 4.53. The molecular formula is C12H15NOSe. The fraction of sp³-hybridized carbons (Fsp3) is 0.333. The molecule has 2 rings (SSSR count). The van der Waals surface area contributed by atoms with Gasteiger partial charge in [-0.2, -0.15) is 0 Å². The number of nitrogens with two attached hydrogens (primary N) is 1. The first-order valence-corrected chi connectivity index (χ1v) is 6.85. The molecule has 0 radical (unpaired) electrons. The summed E-state index contributed by atoms with van der Waals surface area (Å²) < 4.78 is 6.68. The molecule has 1 heterocycles. The van der Waals surface area contributed by atoms with Crippen LogP contribution < -0.4 is 10.5 Å². The maximum atomic E-state index is 5.83. The summed E-state index contributed by atoms with van der Waals surface area (Å²) in [6, 6.07) is 6.55. The second kappa shape index (κ2) is 4.40. The van der Waals surface area contributed by atoms with Crippen molar-refractivity contribution in [3.8, 4) is 5.75 Å². The van der Waals surface area contributed by atoms with Crippen molar-refractivity contribution in [1.29, 1.82) is 0 Å². The molecule has 2 N–H and O–H groups in total. The van der Waals surface area contributed by atoms with Gasteiger partial charge in [0, 0.05) is 0 Å². The van der Waals surface area contributed by atoms with Gasteiger partial charge in [0.05, 0.1) is 0 Å². The molecule has 0 bridgehead atoms. The van der Waals surface area contributed by atoms with Crippen molar-refractivity contribution in [2.24, 2.45) is 5.73 Å². The molecule has 2 nitrogen and oxygen atoms in total. The number of benzene rings is 1. The summed E-state index contributed by atoms with van der Waals surface area (Å²) in [6.45, 7) is 2.05. The summed E-state index contributed by atoms with van der Waals surface area (Å²) >= 11 is 0.478. The standard InChI is InChI=1S/C12H15NOSe/c1-8(13)5-9-7-15-12-4-3-10(14-2)6-11(9)12/h3-4,6-8H,5,13H2,1-2H3. The van der Waals surface area contributed by atoms with Gasteiger partial charge in [0.2, 0.25) is 0 Å². The fourth-order valence-electron chi connectivity index (χ4n) is 1.69. The van der Waals surface area contributed by atoms with E-state index in [0.29, 0.717) is 14.5 Å². The van der Waals surface area contributed by atoms with Gasteiger partial charge in [-0.3, -0.25) is 0 Å². The molecule has 1 unspecified atom stereocenters. The van der Waals surface area contributed by atoms with Gasteiger partial charge in [0.25, 0.3) is 0 Å². The molecule has 0 aliphatic carbocycles. The van der Waals surface area contributed by atoms with Crippen LogP contribution in [0.25, 0.3) is 9.65 Å². The van der Waals surface area contributed by atoms with E-state index in [9.17, 15) is 0 Å². The number of fused-ring (bicyclic) bond motifs is 1. The van der Waals surface area contributed by atoms with Crippen LogP contribution in [-0.4, -0.2) is 27.7 Å². The summed E-state index contributed by atoms with van der Waals surface area (Å²) in [5.41, 5.74) is 7.22. The van der Waals surface area contributed by atoms with Gasteiger partial charge < -0.3 is 0 Å². The fourth-order valence-corrected chi connectivity index (χ4v) is 3.70. The Labute approximate surface area is 95.8 Å². The summed E-state index contributed by atoms with van der Waals surface area (Å²) in [7, 11) is 1.71. The average molecular weight is 268 g/mol. The van der Waals surface area contributed by atoms with E-state index >= 15 is 0 Å². The molecule has 1 atom stereocenters. The zero-order valence-corrected chi connectivity index (χ0v) is 10.7. The summed E-state index contributed by atoms with van der Waals surface area (Å²) in [6.07, 6.45) is 0.960. The topological polar surface area (TPSA) is 35.2 Å². The molecule has 0 saturated carbocycles. The molecule has 1 aromatic carbocycles. The Morgan fingerprint density at radius 3 is 2.93 bits per heavy atom. The van der Waals surface area contributed by atoms with Crippen molar-refractivity contribution in [2.45, 2.75) is 19.4 Å². The minimum absolute atomic E-state index is 0.226. The first kappa shape index (κ1) is 10.7. The van der Waals surface area contributed by atoms with Crippen LogP contribution >= 0.6 is 0 Å². The van der Waals surface area contributed by atoms with Crippen LogP contribution in [0.5, 0.6) is 5.75 Å².